The van der Waals surface area contributed by atoms with Gasteiger partial charge in [0.25, 0.3) is 0 Å². The normalized spacial score (nSPS) is 26.2. The molecular weight excluding hydrogens is 200 g/mol. The molecule has 0 aromatic heterocycles. The van der Waals surface area contributed by atoms with Crippen LogP contribution in [0.4, 0.5) is 0 Å². The molecule has 3 heteroatoms. The van der Waals surface area contributed by atoms with Gasteiger partial charge in [-0.25, -0.2) is 0 Å². The first-order valence-corrected chi connectivity index (χ1v) is 6.64. The molecule has 1 aliphatic rings. The van der Waals surface area contributed by atoms with Crippen LogP contribution in [0.15, 0.2) is 0 Å². The van der Waals surface area contributed by atoms with Gasteiger partial charge in [-0.05, 0) is 25.8 Å². The van der Waals surface area contributed by atoms with E-state index in [0.29, 0.717) is 0 Å². The minimum Gasteiger partial charge on any atom is -0.383 e. The lowest BCUT2D eigenvalue weighted by Gasteiger charge is -2.34. The van der Waals surface area contributed by atoms with E-state index in [1.165, 1.54) is 25.7 Å². The molecule has 16 heavy (non-hydrogen) atoms. The van der Waals surface area contributed by atoms with Gasteiger partial charge in [-0.2, -0.15) is 0 Å². The lowest BCUT2D eigenvalue weighted by molar-refractivity contribution is 0.161. The molecular formula is C13H28N2O. The summed E-state index contributed by atoms with van der Waals surface area (Å²) in [4.78, 5) is 2.52. The highest BCUT2D eigenvalue weighted by Gasteiger charge is 2.21. The Bertz CT molecular complexity index is 175. The fourth-order valence-corrected chi connectivity index (χ4v) is 2.54. The first-order valence-electron chi connectivity index (χ1n) is 6.64. The van der Waals surface area contributed by atoms with E-state index in [1.54, 1.807) is 7.11 Å². The third kappa shape index (κ3) is 5.28. The van der Waals surface area contributed by atoms with Crippen LogP contribution in [0.2, 0.25) is 0 Å². The smallest absolute Gasteiger partial charge is 0.0587 e. The molecule has 1 N–H and O–H groups in total. The maximum Gasteiger partial charge on any atom is 0.0587 e. The lowest BCUT2D eigenvalue weighted by Crippen LogP contribution is -2.39. The van der Waals surface area contributed by atoms with Crippen molar-refractivity contribution in [2.24, 2.45) is 5.92 Å². The van der Waals surface area contributed by atoms with E-state index in [4.69, 9.17) is 4.74 Å². The number of nitrogens with zero attached hydrogens (tertiary/aromatic N) is 1. The SMILES string of the molecule is COCCNCCN(C)C1CCCC(C)C1. The van der Waals surface area contributed by atoms with Gasteiger partial charge in [-0.3, -0.25) is 0 Å². The Hall–Kier alpha value is -0.120. The molecule has 0 bridgehead atoms. The Kier molecular flexibility index (Phi) is 7.01. The summed E-state index contributed by atoms with van der Waals surface area (Å²) in [5.41, 5.74) is 0. The molecule has 2 atom stereocenters. The highest BCUT2D eigenvalue weighted by atomic mass is 16.5. The molecule has 0 aromatic carbocycles. The van der Waals surface area contributed by atoms with Crippen LogP contribution in [0, 0.1) is 5.92 Å². The Balaban J connectivity index is 2.06. The van der Waals surface area contributed by atoms with Crippen LogP contribution in [0.1, 0.15) is 32.6 Å². The minimum absolute atomic E-state index is 0.810. The van der Waals surface area contributed by atoms with Crippen molar-refractivity contribution in [3.63, 3.8) is 0 Å². The highest BCUT2D eigenvalue weighted by Crippen LogP contribution is 2.26. The van der Waals surface area contributed by atoms with Gasteiger partial charge >= 0.3 is 0 Å². The predicted octanol–water partition coefficient (Wildman–Crippen LogP) is 1.73. The fraction of sp³-hybridized carbons (Fsp3) is 1.00. The molecule has 0 radical (unpaired) electrons. The van der Waals surface area contributed by atoms with E-state index in [0.717, 1.165) is 38.2 Å². The van der Waals surface area contributed by atoms with Gasteiger partial charge in [0.05, 0.1) is 6.61 Å². The monoisotopic (exact) mass is 228 g/mol. The zero-order chi connectivity index (χ0) is 11.8. The summed E-state index contributed by atoms with van der Waals surface area (Å²) >= 11 is 0. The number of methoxy groups -OCH3 is 1. The first-order chi connectivity index (χ1) is 7.74. The van der Waals surface area contributed by atoms with Crippen molar-refractivity contribution in [2.45, 2.75) is 38.6 Å². The van der Waals surface area contributed by atoms with Crippen LogP contribution >= 0.6 is 0 Å². The van der Waals surface area contributed by atoms with Crippen molar-refractivity contribution in [3.8, 4) is 0 Å². The Morgan fingerprint density at radius 3 is 2.81 bits per heavy atom. The number of likely N-dealkylation sites (N-methyl/N-ethyl adjacent to an activating group) is 1. The zero-order valence-corrected chi connectivity index (χ0v) is 11.2. The van der Waals surface area contributed by atoms with Crippen molar-refractivity contribution in [3.05, 3.63) is 0 Å². The number of nitrogens with one attached hydrogen (secondary N) is 1. The summed E-state index contributed by atoms with van der Waals surface area (Å²) in [5.74, 6) is 0.919. The Morgan fingerprint density at radius 2 is 2.12 bits per heavy atom. The van der Waals surface area contributed by atoms with E-state index < -0.39 is 0 Å². The second-order valence-corrected chi connectivity index (χ2v) is 5.15. The average molecular weight is 228 g/mol. The molecule has 0 amide bonds. The van der Waals surface area contributed by atoms with Crippen molar-refractivity contribution >= 4 is 0 Å². The maximum atomic E-state index is 5.00. The maximum absolute atomic E-state index is 5.00. The molecule has 0 spiro atoms. The van der Waals surface area contributed by atoms with Gasteiger partial charge < -0.3 is 15.0 Å². The van der Waals surface area contributed by atoms with E-state index >= 15 is 0 Å². The topological polar surface area (TPSA) is 24.5 Å². The average Bonchev–Trinajstić information content (AvgIpc) is 2.28. The van der Waals surface area contributed by atoms with Crippen molar-refractivity contribution in [1.82, 2.24) is 10.2 Å². The molecule has 1 saturated carbocycles. The van der Waals surface area contributed by atoms with Crippen molar-refractivity contribution in [1.29, 1.82) is 0 Å². The molecule has 0 heterocycles. The van der Waals surface area contributed by atoms with Gasteiger partial charge in [0, 0.05) is 32.8 Å². The summed E-state index contributed by atoms with van der Waals surface area (Å²) in [5, 5.41) is 3.40. The number of hydrogen-bond acceptors (Lipinski definition) is 3. The van der Waals surface area contributed by atoms with Gasteiger partial charge in [0.1, 0.15) is 0 Å². The number of hydrogen-bond donors (Lipinski definition) is 1. The molecule has 0 aromatic rings. The third-order valence-corrected chi connectivity index (χ3v) is 3.66. The summed E-state index contributed by atoms with van der Waals surface area (Å²) in [7, 11) is 4.01. The summed E-state index contributed by atoms with van der Waals surface area (Å²) in [6, 6.07) is 0.813. The van der Waals surface area contributed by atoms with Crippen LogP contribution < -0.4 is 5.32 Å². The molecule has 1 aliphatic carbocycles. The molecule has 96 valence electrons. The molecule has 3 nitrogen and oxygen atoms in total. The first kappa shape index (κ1) is 13.9. The molecule has 0 aliphatic heterocycles. The van der Waals surface area contributed by atoms with Gasteiger partial charge in [0.15, 0.2) is 0 Å². The molecule has 0 saturated heterocycles. The number of ether oxygens (including phenoxy) is 1. The molecule has 1 fully saturated rings. The van der Waals surface area contributed by atoms with Crippen LogP contribution in [0.5, 0.6) is 0 Å². The van der Waals surface area contributed by atoms with Crippen LogP contribution in [0.3, 0.4) is 0 Å². The highest BCUT2D eigenvalue weighted by molar-refractivity contribution is 4.77. The summed E-state index contributed by atoms with van der Waals surface area (Å²) < 4.78 is 5.00. The van der Waals surface area contributed by atoms with Gasteiger partial charge in [0.2, 0.25) is 0 Å². The van der Waals surface area contributed by atoms with E-state index in [1.807, 2.05) is 0 Å². The largest absolute Gasteiger partial charge is 0.383 e. The lowest BCUT2D eigenvalue weighted by atomic mass is 9.86. The minimum atomic E-state index is 0.810. The second-order valence-electron chi connectivity index (χ2n) is 5.15. The van der Waals surface area contributed by atoms with Crippen molar-refractivity contribution < 1.29 is 4.74 Å². The van der Waals surface area contributed by atoms with E-state index in [9.17, 15) is 0 Å². The Morgan fingerprint density at radius 1 is 1.31 bits per heavy atom. The molecule has 1 rings (SSSR count). The van der Waals surface area contributed by atoms with Gasteiger partial charge in [-0.15, -0.1) is 0 Å². The zero-order valence-electron chi connectivity index (χ0n) is 11.2. The van der Waals surface area contributed by atoms with Crippen LogP contribution in [-0.4, -0.2) is 51.3 Å². The quantitative estimate of drug-likeness (QED) is 0.672. The standard InChI is InChI=1S/C13H28N2O/c1-12-5-4-6-13(11-12)15(2)9-7-14-8-10-16-3/h12-14H,4-11H2,1-3H3. The van der Waals surface area contributed by atoms with Crippen LogP contribution in [-0.2, 0) is 4.74 Å². The summed E-state index contributed by atoms with van der Waals surface area (Å²) in [6.45, 7) is 6.39. The van der Waals surface area contributed by atoms with Crippen LogP contribution in [0.25, 0.3) is 0 Å². The van der Waals surface area contributed by atoms with E-state index in [-0.39, 0.29) is 0 Å². The van der Waals surface area contributed by atoms with E-state index in [2.05, 4.69) is 24.2 Å². The second kappa shape index (κ2) is 8.04. The third-order valence-electron chi connectivity index (χ3n) is 3.66. The predicted molar refractivity (Wildman–Crippen MR) is 68.8 cm³/mol. The number of rotatable bonds is 7. The van der Waals surface area contributed by atoms with Crippen molar-refractivity contribution in [2.75, 3.05) is 40.4 Å². The fourth-order valence-electron chi connectivity index (χ4n) is 2.54. The molecule has 2 unspecified atom stereocenters. The Labute approximate surface area is 101 Å². The van der Waals surface area contributed by atoms with Gasteiger partial charge in [-0.1, -0.05) is 19.8 Å². The summed E-state index contributed by atoms with van der Waals surface area (Å²) in [6.07, 6.45) is 5.61.